The molecule has 3 aromatic rings. The van der Waals surface area contributed by atoms with Gasteiger partial charge in [0, 0.05) is 30.0 Å². The molecule has 1 aromatic heterocycles. The molecule has 2 aromatic carbocycles. The topological polar surface area (TPSA) is 80.3 Å². The Kier molecular flexibility index (Phi) is 6.00. The van der Waals surface area contributed by atoms with Crippen LogP contribution in [0.15, 0.2) is 47.8 Å². The zero-order valence-corrected chi connectivity index (χ0v) is 16.1. The molecular weight excluding hydrogens is 381 g/mol. The predicted molar refractivity (Wildman–Crippen MR) is 106 cm³/mol. The van der Waals surface area contributed by atoms with Crippen LogP contribution < -0.4 is 15.4 Å². The van der Waals surface area contributed by atoms with E-state index in [0.717, 1.165) is 5.56 Å². The molecule has 0 aliphatic heterocycles. The Morgan fingerprint density at radius 3 is 2.57 bits per heavy atom. The van der Waals surface area contributed by atoms with Gasteiger partial charge in [-0.3, -0.25) is 14.9 Å². The molecule has 0 fully saturated rings. The lowest BCUT2D eigenvalue weighted by Crippen LogP contribution is -2.19. The third-order valence-corrected chi connectivity index (χ3v) is 4.69. The Bertz CT molecular complexity index is 1000. The maximum Gasteiger partial charge on any atom is 0.257 e. The Balaban J connectivity index is 1.67. The number of amides is 2. The number of nitrogens with one attached hydrogen (secondary N) is 2. The number of carbonyl (C=O) groups is 2. The Morgan fingerprint density at radius 1 is 1.18 bits per heavy atom. The molecule has 0 saturated heterocycles. The van der Waals surface area contributed by atoms with Gasteiger partial charge in [-0.15, -0.1) is 11.3 Å². The second-order valence-corrected chi connectivity index (χ2v) is 6.81. The van der Waals surface area contributed by atoms with Crippen LogP contribution in [-0.2, 0) is 11.3 Å². The molecule has 0 saturated carbocycles. The zero-order valence-electron chi connectivity index (χ0n) is 15.3. The van der Waals surface area contributed by atoms with E-state index in [1.54, 1.807) is 35.7 Å². The minimum Gasteiger partial charge on any atom is -0.494 e. The van der Waals surface area contributed by atoms with Gasteiger partial charge in [-0.1, -0.05) is 12.1 Å². The molecule has 0 unspecified atom stereocenters. The molecule has 0 atom stereocenters. The minimum absolute atomic E-state index is 0.113. The molecule has 0 spiro atoms. The summed E-state index contributed by atoms with van der Waals surface area (Å²) in [6.45, 7) is 1.86. The fourth-order valence-corrected chi connectivity index (χ4v) is 3.17. The van der Waals surface area contributed by atoms with Crippen LogP contribution in [-0.4, -0.2) is 23.9 Å². The van der Waals surface area contributed by atoms with Crippen molar-refractivity contribution in [2.45, 2.75) is 13.5 Å². The monoisotopic (exact) mass is 399 g/mol. The van der Waals surface area contributed by atoms with Crippen molar-refractivity contribution < 1.29 is 18.7 Å². The SMILES string of the molecule is COc1ccc(-c2csc(NC(=O)c3ccc(CNC(C)=O)cc3)n2)cc1F. The first-order valence-corrected chi connectivity index (χ1v) is 9.28. The number of carbonyl (C=O) groups excluding carboxylic acids is 2. The molecule has 0 aliphatic carbocycles. The van der Waals surface area contributed by atoms with Crippen molar-refractivity contribution in [1.29, 1.82) is 0 Å². The number of nitrogens with zero attached hydrogens (tertiary/aromatic N) is 1. The summed E-state index contributed by atoms with van der Waals surface area (Å²) >= 11 is 1.25. The summed E-state index contributed by atoms with van der Waals surface area (Å²) in [4.78, 5) is 27.7. The molecule has 144 valence electrons. The fraction of sp³-hybridized carbons (Fsp3) is 0.150. The van der Waals surface area contributed by atoms with Crippen molar-refractivity contribution in [1.82, 2.24) is 10.3 Å². The molecule has 1 heterocycles. The van der Waals surface area contributed by atoms with Gasteiger partial charge in [-0.2, -0.15) is 0 Å². The number of rotatable bonds is 6. The van der Waals surface area contributed by atoms with E-state index in [9.17, 15) is 14.0 Å². The van der Waals surface area contributed by atoms with E-state index in [0.29, 0.717) is 28.5 Å². The summed E-state index contributed by atoms with van der Waals surface area (Å²) in [6, 6.07) is 11.5. The molecule has 8 heteroatoms. The van der Waals surface area contributed by atoms with E-state index in [2.05, 4.69) is 15.6 Å². The summed E-state index contributed by atoms with van der Waals surface area (Å²) in [7, 11) is 1.40. The van der Waals surface area contributed by atoms with Gasteiger partial charge in [-0.25, -0.2) is 9.37 Å². The Morgan fingerprint density at radius 2 is 1.93 bits per heavy atom. The first-order valence-electron chi connectivity index (χ1n) is 8.40. The van der Waals surface area contributed by atoms with Crippen molar-refractivity contribution in [3.8, 4) is 17.0 Å². The van der Waals surface area contributed by atoms with Crippen LogP contribution in [0.4, 0.5) is 9.52 Å². The molecule has 2 N–H and O–H groups in total. The zero-order chi connectivity index (χ0) is 20.1. The molecular formula is C20H18FN3O3S. The van der Waals surface area contributed by atoms with E-state index in [4.69, 9.17) is 4.74 Å². The van der Waals surface area contributed by atoms with Crippen molar-refractivity contribution >= 4 is 28.3 Å². The van der Waals surface area contributed by atoms with Crippen LogP contribution in [0.1, 0.15) is 22.8 Å². The highest BCUT2D eigenvalue weighted by Crippen LogP contribution is 2.28. The lowest BCUT2D eigenvalue weighted by molar-refractivity contribution is -0.119. The second kappa shape index (κ2) is 8.62. The summed E-state index contributed by atoms with van der Waals surface area (Å²) in [6.07, 6.45) is 0. The molecule has 0 radical (unpaired) electrons. The van der Waals surface area contributed by atoms with Gasteiger partial charge in [0.1, 0.15) is 0 Å². The minimum atomic E-state index is -0.474. The van der Waals surface area contributed by atoms with Gasteiger partial charge in [-0.05, 0) is 35.9 Å². The number of anilines is 1. The van der Waals surface area contributed by atoms with Crippen LogP contribution >= 0.6 is 11.3 Å². The van der Waals surface area contributed by atoms with Crippen molar-refractivity contribution in [3.05, 3.63) is 64.8 Å². The van der Waals surface area contributed by atoms with E-state index in [-0.39, 0.29) is 17.6 Å². The summed E-state index contributed by atoms with van der Waals surface area (Å²) < 4.78 is 18.8. The number of hydrogen-bond acceptors (Lipinski definition) is 5. The lowest BCUT2D eigenvalue weighted by Gasteiger charge is -2.05. The predicted octanol–water partition coefficient (Wildman–Crippen LogP) is 3.85. The molecule has 0 bridgehead atoms. The lowest BCUT2D eigenvalue weighted by atomic mass is 10.1. The smallest absolute Gasteiger partial charge is 0.257 e. The number of halogens is 1. The van der Waals surface area contributed by atoms with Gasteiger partial charge in [0.25, 0.3) is 5.91 Å². The van der Waals surface area contributed by atoms with Gasteiger partial charge >= 0.3 is 0 Å². The molecule has 3 rings (SSSR count). The van der Waals surface area contributed by atoms with Gasteiger partial charge < -0.3 is 10.1 Å². The summed E-state index contributed by atoms with van der Waals surface area (Å²) in [5, 5.41) is 7.59. The molecule has 6 nitrogen and oxygen atoms in total. The molecule has 0 aliphatic rings. The number of methoxy groups -OCH3 is 1. The summed E-state index contributed by atoms with van der Waals surface area (Å²) in [5.74, 6) is -0.724. The van der Waals surface area contributed by atoms with E-state index >= 15 is 0 Å². The fourth-order valence-electron chi connectivity index (χ4n) is 2.46. The molecule has 28 heavy (non-hydrogen) atoms. The number of ether oxygens (including phenoxy) is 1. The highest BCUT2D eigenvalue weighted by atomic mass is 32.1. The average molecular weight is 399 g/mol. The maximum absolute atomic E-state index is 13.9. The van der Waals surface area contributed by atoms with Crippen LogP contribution in [0.25, 0.3) is 11.3 Å². The number of thiazole rings is 1. The van der Waals surface area contributed by atoms with Crippen LogP contribution in [0.5, 0.6) is 5.75 Å². The Hall–Kier alpha value is -3.26. The highest BCUT2D eigenvalue weighted by Gasteiger charge is 2.12. The standard InChI is InChI=1S/C20H18FN3O3S/c1-12(25)22-10-13-3-5-14(6-4-13)19(26)24-20-23-17(11-28-20)15-7-8-18(27-2)16(21)9-15/h3-9,11H,10H2,1-2H3,(H,22,25)(H,23,24,26). The van der Waals surface area contributed by atoms with Gasteiger partial charge in [0.05, 0.1) is 12.8 Å². The van der Waals surface area contributed by atoms with Gasteiger partial charge in [0.2, 0.25) is 5.91 Å². The van der Waals surface area contributed by atoms with Crippen LogP contribution in [0, 0.1) is 5.82 Å². The maximum atomic E-state index is 13.9. The van der Waals surface area contributed by atoms with Crippen LogP contribution in [0.2, 0.25) is 0 Å². The highest BCUT2D eigenvalue weighted by molar-refractivity contribution is 7.14. The number of aromatic nitrogens is 1. The van der Waals surface area contributed by atoms with Crippen molar-refractivity contribution in [2.24, 2.45) is 0 Å². The number of benzene rings is 2. The van der Waals surface area contributed by atoms with Crippen molar-refractivity contribution in [3.63, 3.8) is 0 Å². The third kappa shape index (κ3) is 4.72. The van der Waals surface area contributed by atoms with Crippen LogP contribution in [0.3, 0.4) is 0 Å². The van der Waals surface area contributed by atoms with Gasteiger partial charge in [0.15, 0.2) is 16.7 Å². The largest absolute Gasteiger partial charge is 0.494 e. The molecule has 2 amide bonds. The average Bonchev–Trinajstić information content (AvgIpc) is 3.15. The first-order chi connectivity index (χ1) is 13.5. The first kappa shape index (κ1) is 19.5. The number of hydrogen-bond donors (Lipinski definition) is 2. The quantitative estimate of drug-likeness (QED) is 0.660. The van der Waals surface area contributed by atoms with E-state index in [1.165, 1.54) is 37.5 Å². The Labute approximate surface area is 165 Å². The van der Waals surface area contributed by atoms with E-state index < -0.39 is 5.82 Å². The van der Waals surface area contributed by atoms with Crippen molar-refractivity contribution in [2.75, 3.05) is 12.4 Å². The summed E-state index contributed by atoms with van der Waals surface area (Å²) in [5.41, 5.74) is 2.52. The normalized spacial score (nSPS) is 10.4. The van der Waals surface area contributed by atoms with E-state index in [1.807, 2.05) is 0 Å². The second-order valence-electron chi connectivity index (χ2n) is 5.95. The third-order valence-electron chi connectivity index (χ3n) is 3.93.